The monoisotopic (exact) mass is 218 g/mol. The first kappa shape index (κ1) is 10.7. The number of hydrogen-bond donors (Lipinski definition) is 3. The summed E-state index contributed by atoms with van der Waals surface area (Å²) < 4.78 is 0. The second-order valence-corrected chi connectivity index (χ2v) is 3.60. The number of nitrogens with two attached hydrogens (primary N) is 1. The number of thiocarbonyl (C=S) groups is 1. The first-order valence-electron chi connectivity index (χ1n) is 3.95. The van der Waals surface area contributed by atoms with Crippen LogP contribution in [0.5, 0.6) is 0 Å². The summed E-state index contributed by atoms with van der Waals surface area (Å²) >= 11 is 4.70. The average molecular weight is 218 g/mol. The van der Waals surface area contributed by atoms with Crippen LogP contribution < -0.4 is 5.73 Å². The van der Waals surface area contributed by atoms with E-state index in [4.69, 9.17) is 28.2 Å². The third kappa shape index (κ3) is 1.92. The lowest BCUT2D eigenvalue weighted by Crippen LogP contribution is -2.39. The van der Waals surface area contributed by atoms with Gasteiger partial charge in [0.2, 0.25) is 0 Å². The van der Waals surface area contributed by atoms with Crippen molar-refractivity contribution in [1.29, 1.82) is 0 Å². The first-order valence-corrected chi connectivity index (χ1v) is 4.36. The summed E-state index contributed by atoms with van der Waals surface area (Å²) in [6.45, 7) is 0.0711. The fourth-order valence-corrected chi connectivity index (χ4v) is 1.66. The van der Waals surface area contributed by atoms with Crippen molar-refractivity contribution in [3.05, 3.63) is 0 Å². The van der Waals surface area contributed by atoms with Crippen molar-refractivity contribution in [2.24, 2.45) is 11.7 Å². The number of likely N-dealkylation sites (tertiary alicyclic amines) is 1. The Labute approximate surface area is 85.3 Å². The van der Waals surface area contributed by atoms with Gasteiger partial charge in [-0.1, -0.05) is 12.2 Å². The van der Waals surface area contributed by atoms with Crippen LogP contribution in [0.2, 0.25) is 0 Å². The first-order chi connectivity index (χ1) is 6.43. The van der Waals surface area contributed by atoms with E-state index in [1.165, 1.54) is 0 Å². The molecule has 78 valence electrons. The molecule has 0 aromatic heterocycles. The molecule has 0 radical (unpaired) electrons. The third-order valence-corrected chi connectivity index (χ3v) is 2.57. The van der Waals surface area contributed by atoms with Gasteiger partial charge >= 0.3 is 12.1 Å². The van der Waals surface area contributed by atoms with Crippen LogP contribution in [0.3, 0.4) is 0 Å². The van der Waals surface area contributed by atoms with Crippen molar-refractivity contribution < 1.29 is 19.8 Å². The predicted octanol–water partition coefficient (Wildman–Crippen LogP) is -0.274. The number of amides is 1. The van der Waals surface area contributed by atoms with E-state index in [-0.39, 0.29) is 23.9 Å². The average Bonchev–Trinajstić information content (AvgIpc) is 2.47. The van der Waals surface area contributed by atoms with Crippen LogP contribution in [0.1, 0.15) is 6.42 Å². The fraction of sp³-hybridized carbons (Fsp3) is 0.571. The smallest absolute Gasteiger partial charge is 0.408 e. The molecule has 0 unspecified atom stereocenters. The standard InChI is InChI=1S/C7H10N2O4S/c8-5(14)3-1-4(6(10)11)9(2-3)7(12)13/h3-4H,1-2H2,(H2,8,14)(H,10,11)(H,12,13)/t3-,4+/m1/s1. The van der Waals surface area contributed by atoms with Gasteiger partial charge in [-0.15, -0.1) is 0 Å². The molecule has 1 fully saturated rings. The van der Waals surface area contributed by atoms with Crippen molar-refractivity contribution >= 4 is 29.3 Å². The highest BCUT2D eigenvalue weighted by Gasteiger charge is 2.40. The van der Waals surface area contributed by atoms with Gasteiger partial charge in [-0.3, -0.25) is 4.90 Å². The Morgan fingerprint density at radius 1 is 1.43 bits per heavy atom. The van der Waals surface area contributed by atoms with Crippen LogP contribution >= 0.6 is 12.2 Å². The van der Waals surface area contributed by atoms with E-state index in [1.807, 2.05) is 0 Å². The van der Waals surface area contributed by atoms with Crippen LogP contribution in [0, 0.1) is 5.92 Å². The van der Waals surface area contributed by atoms with Crippen LogP contribution in [0.4, 0.5) is 4.79 Å². The Hall–Kier alpha value is -1.37. The van der Waals surface area contributed by atoms with E-state index >= 15 is 0 Å². The lowest BCUT2D eigenvalue weighted by Gasteiger charge is -2.16. The van der Waals surface area contributed by atoms with E-state index in [0.717, 1.165) is 4.90 Å². The quantitative estimate of drug-likeness (QED) is 0.551. The molecular formula is C7H10N2O4S. The van der Waals surface area contributed by atoms with Gasteiger partial charge in [0.15, 0.2) is 0 Å². The molecule has 1 amide bonds. The summed E-state index contributed by atoms with van der Waals surface area (Å²) in [6, 6.07) is -1.03. The summed E-state index contributed by atoms with van der Waals surface area (Å²) in [4.78, 5) is 22.4. The lowest BCUT2D eigenvalue weighted by molar-refractivity contribution is -0.141. The van der Waals surface area contributed by atoms with E-state index in [9.17, 15) is 9.59 Å². The van der Waals surface area contributed by atoms with Gasteiger partial charge in [-0.2, -0.15) is 0 Å². The van der Waals surface area contributed by atoms with Crippen molar-refractivity contribution in [2.45, 2.75) is 12.5 Å². The highest BCUT2D eigenvalue weighted by molar-refractivity contribution is 7.80. The molecule has 14 heavy (non-hydrogen) atoms. The molecule has 0 aromatic carbocycles. The molecule has 1 heterocycles. The molecule has 0 bridgehead atoms. The lowest BCUT2D eigenvalue weighted by atomic mass is 10.1. The van der Waals surface area contributed by atoms with Crippen LogP contribution in [-0.4, -0.2) is 44.8 Å². The van der Waals surface area contributed by atoms with E-state index in [1.54, 1.807) is 0 Å². The molecule has 7 heteroatoms. The van der Waals surface area contributed by atoms with Crippen LogP contribution in [0.25, 0.3) is 0 Å². The number of aliphatic carboxylic acids is 1. The highest BCUT2D eigenvalue weighted by atomic mass is 32.1. The molecule has 2 atom stereocenters. The van der Waals surface area contributed by atoms with Gasteiger partial charge in [0, 0.05) is 12.5 Å². The Balaban J connectivity index is 2.80. The van der Waals surface area contributed by atoms with Crippen LogP contribution in [-0.2, 0) is 4.79 Å². The molecule has 0 aromatic rings. The molecule has 1 aliphatic rings. The SMILES string of the molecule is NC(=S)[C@@H]1C[C@@H](C(=O)O)N(C(=O)O)C1. The fourth-order valence-electron chi connectivity index (χ4n) is 1.49. The highest BCUT2D eigenvalue weighted by Crippen LogP contribution is 2.23. The van der Waals surface area contributed by atoms with Crippen LogP contribution in [0.15, 0.2) is 0 Å². The summed E-state index contributed by atoms with van der Waals surface area (Å²) in [5, 5.41) is 17.5. The third-order valence-electron chi connectivity index (χ3n) is 2.23. The Kier molecular flexibility index (Phi) is 2.90. The van der Waals surface area contributed by atoms with Crippen molar-refractivity contribution in [3.63, 3.8) is 0 Å². The summed E-state index contributed by atoms with van der Waals surface area (Å²) in [6.07, 6.45) is -1.09. The van der Waals surface area contributed by atoms with E-state index < -0.39 is 18.1 Å². The number of hydrogen-bond acceptors (Lipinski definition) is 3. The number of carboxylic acids is 1. The zero-order chi connectivity index (χ0) is 10.9. The van der Waals surface area contributed by atoms with Gasteiger partial charge in [-0.25, -0.2) is 9.59 Å². The van der Waals surface area contributed by atoms with Crippen molar-refractivity contribution in [2.75, 3.05) is 6.54 Å². The maximum absolute atomic E-state index is 10.7. The topological polar surface area (TPSA) is 104 Å². The zero-order valence-electron chi connectivity index (χ0n) is 7.21. The van der Waals surface area contributed by atoms with Gasteiger partial charge < -0.3 is 15.9 Å². The molecule has 1 aliphatic heterocycles. The van der Waals surface area contributed by atoms with Gasteiger partial charge in [0.25, 0.3) is 0 Å². The maximum Gasteiger partial charge on any atom is 0.408 e. The summed E-state index contributed by atoms with van der Waals surface area (Å²) in [7, 11) is 0. The summed E-state index contributed by atoms with van der Waals surface area (Å²) in [5.41, 5.74) is 5.34. The van der Waals surface area contributed by atoms with Crippen molar-refractivity contribution in [3.8, 4) is 0 Å². The maximum atomic E-state index is 10.7. The number of carboxylic acid groups (broad SMARTS) is 2. The summed E-state index contributed by atoms with van der Waals surface area (Å²) in [5.74, 6) is -1.49. The van der Waals surface area contributed by atoms with Gasteiger partial charge in [-0.05, 0) is 6.42 Å². The second-order valence-electron chi connectivity index (χ2n) is 3.12. The molecular weight excluding hydrogens is 208 g/mol. The number of carbonyl (C=O) groups is 2. The molecule has 0 aliphatic carbocycles. The zero-order valence-corrected chi connectivity index (χ0v) is 8.03. The van der Waals surface area contributed by atoms with E-state index in [0.29, 0.717) is 0 Å². The minimum absolute atomic E-state index is 0.0711. The molecule has 4 N–H and O–H groups in total. The molecule has 6 nitrogen and oxygen atoms in total. The van der Waals surface area contributed by atoms with Gasteiger partial charge in [0.1, 0.15) is 6.04 Å². The van der Waals surface area contributed by atoms with E-state index in [2.05, 4.69) is 0 Å². The van der Waals surface area contributed by atoms with Crippen molar-refractivity contribution in [1.82, 2.24) is 4.90 Å². The molecule has 1 rings (SSSR count). The Morgan fingerprint density at radius 3 is 2.29 bits per heavy atom. The largest absolute Gasteiger partial charge is 0.480 e. The normalized spacial score (nSPS) is 26.1. The number of nitrogens with zero attached hydrogens (tertiary/aromatic N) is 1. The molecule has 1 saturated heterocycles. The minimum Gasteiger partial charge on any atom is -0.480 e. The predicted molar refractivity (Wildman–Crippen MR) is 51.0 cm³/mol. The number of rotatable bonds is 2. The second kappa shape index (κ2) is 3.79. The molecule has 0 saturated carbocycles. The molecule has 0 spiro atoms. The Morgan fingerprint density at radius 2 is 2.00 bits per heavy atom. The minimum atomic E-state index is -1.25. The van der Waals surface area contributed by atoms with Gasteiger partial charge in [0.05, 0.1) is 4.99 Å². The Bertz CT molecular complexity index is 271.